The van der Waals surface area contributed by atoms with Gasteiger partial charge in [0.1, 0.15) is 0 Å². The molecule has 0 amide bonds. The average Bonchev–Trinajstić information content (AvgIpc) is 2.85. The minimum Gasteiger partial charge on any atom is -0.382 e. The third-order valence-corrected chi connectivity index (χ3v) is 2.75. The van der Waals surface area contributed by atoms with E-state index in [1.165, 1.54) is 12.8 Å². The number of hydrazone groups is 1. The normalized spacial score (nSPS) is 28.3. The van der Waals surface area contributed by atoms with Gasteiger partial charge in [0.15, 0.2) is 0 Å². The lowest BCUT2D eigenvalue weighted by atomic mass is 10.1. The lowest BCUT2D eigenvalue weighted by molar-refractivity contribution is 0.118. The standard InChI is InChI=1S/C12H17N2O/c1-15-10-12-7-4-8-14(12)13-9-11-5-2-3-6-11/h2-3,5-6,9,12H,4,7-8,10H2,1H3/b13-9+/t12-/m0/s1. The summed E-state index contributed by atoms with van der Waals surface area (Å²) in [4.78, 5) is 0. The molecule has 0 spiro atoms. The third-order valence-electron chi connectivity index (χ3n) is 2.75. The van der Waals surface area contributed by atoms with Crippen LogP contribution in [0.15, 0.2) is 5.10 Å². The van der Waals surface area contributed by atoms with Crippen LogP contribution in [0.4, 0.5) is 0 Å². The summed E-state index contributed by atoms with van der Waals surface area (Å²) in [5.74, 6) is 1.16. The Hall–Kier alpha value is -0.570. The molecule has 2 rings (SSSR count). The molecule has 2 aliphatic rings. The van der Waals surface area contributed by atoms with Gasteiger partial charge < -0.3 is 4.74 Å². The first kappa shape index (κ1) is 10.9. The predicted octanol–water partition coefficient (Wildman–Crippen LogP) is 1.49. The minimum absolute atomic E-state index is 0.459. The van der Waals surface area contributed by atoms with E-state index in [1.807, 2.05) is 19.1 Å². The third kappa shape index (κ3) is 2.94. The molecule has 5 radical (unpaired) electrons. The van der Waals surface area contributed by atoms with Crippen molar-refractivity contribution in [2.24, 2.45) is 5.10 Å². The van der Waals surface area contributed by atoms with Gasteiger partial charge in [-0.15, -0.1) is 0 Å². The topological polar surface area (TPSA) is 24.8 Å². The van der Waals surface area contributed by atoms with Crippen LogP contribution in [-0.2, 0) is 4.74 Å². The molecule has 81 valence electrons. The van der Waals surface area contributed by atoms with Gasteiger partial charge in [-0.1, -0.05) is 0 Å². The van der Waals surface area contributed by atoms with Gasteiger partial charge in [0.2, 0.25) is 0 Å². The van der Waals surface area contributed by atoms with Crippen LogP contribution in [0.25, 0.3) is 0 Å². The second kappa shape index (κ2) is 5.50. The Kier molecular flexibility index (Phi) is 4.01. The number of nitrogens with zero attached hydrogens (tertiary/aromatic N) is 2. The molecule has 1 saturated heterocycles. The zero-order chi connectivity index (χ0) is 10.5. The maximum Gasteiger partial charge on any atom is 0.0704 e. The molecule has 1 heterocycles. The largest absolute Gasteiger partial charge is 0.382 e. The number of hydrogen-bond donors (Lipinski definition) is 0. The van der Waals surface area contributed by atoms with Gasteiger partial charge >= 0.3 is 0 Å². The van der Waals surface area contributed by atoms with E-state index in [1.54, 1.807) is 7.11 Å². The quantitative estimate of drug-likeness (QED) is 0.650. The molecule has 0 aromatic heterocycles. The second-order valence-electron chi connectivity index (χ2n) is 3.88. The van der Waals surface area contributed by atoms with Gasteiger partial charge in [0, 0.05) is 25.8 Å². The highest BCUT2D eigenvalue weighted by molar-refractivity contribution is 5.82. The van der Waals surface area contributed by atoms with E-state index in [9.17, 15) is 0 Å². The molecule has 1 saturated carbocycles. The first-order valence-corrected chi connectivity index (χ1v) is 5.41. The van der Waals surface area contributed by atoms with E-state index in [0.717, 1.165) is 19.1 Å². The Labute approximate surface area is 92.5 Å². The zero-order valence-corrected chi connectivity index (χ0v) is 9.10. The summed E-state index contributed by atoms with van der Waals surface area (Å²) in [7, 11) is 1.75. The van der Waals surface area contributed by atoms with E-state index in [4.69, 9.17) is 4.74 Å². The van der Waals surface area contributed by atoms with Crippen LogP contribution >= 0.6 is 0 Å². The highest BCUT2D eigenvalue weighted by Crippen LogP contribution is 2.22. The molecule has 15 heavy (non-hydrogen) atoms. The fraction of sp³-hybridized carbons (Fsp3) is 0.500. The van der Waals surface area contributed by atoms with E-state index in [0.29, 0.717) is 6.04 Å². The van der Waals surface area contributed by atoms with E-state index >= 15 is 0 Å². The summed E-state index contributed by atoms with van der Waals surface area (Å²) >= 11 is 0. The smallest absolute Gasteiger partial charge is 0.0704 e. The molecule has 0 N–H and O–H groups in total. The Balaban J connectivity index is 1.81. The highest BCUT2D eigenvalue weighted by atomic mass is 16.5. The van der Waals surface area contributed by atoms with Crippen molar-refractivity contribution in [1.29, 1.82) is 0 Å². The fourth-order valence-electron chi connectivity index (χ4n) is 1.95. The van der Waals surface area contributed by atoms with Crippen molar-refractivity contribution < 1.29 is 4.74 Å². The lowest BCUT2D eigenvalue weighted by Crippen LogP contribution is -2.28. The predicted molar refractivity (Wildman–Crippen MR) is 60.5 cm³/mol. The molecular weight excluding hydrogens is 188 g/mol. The SMILES string of the molecule is COC[C@@H]1CCCN1/N=C/[C]1[CH][CH][CH][CH]1. The van der Waals surface area contributed by atoms with Crippen molar-refractivity contribution in [3.05, 3.63) is 31.6 Å². The first-order chi connectivity index (χ1) is 7.40. The summed E-state index contributed by atoms with van der Waals surface area (Å²) in [6, 6.07) is 0.459. The summed E-state index contributed by atoms with van der Waals surface area (Å²) in [6.45, 7) is 1.82. The van der Waals surface area contributed by atoms with Crippen LogP contribution < -0.4 is 0 Å². The Bertz CT molecular complexity index is 212. The molecule has 0 aromatic carbocycles. The second-order valence-corrected chi connectivity index (χ2v) is 3.88. The summed E-state index contributed by atoms with van der Waals surface area (Å²) in [6.07, 6.45) is 12.5. The Morgan fingerprint density at radius 1 is 1.53 bits per heavy atom. The summed E-state index contributed by atoms with van der Waals surface area (Å²) in [5, 5.41) is 6.63. The minimum atomic E-state index is 0.459. The van der Waals surface area contributed by atoms with Crippen molar-refractivity contribution >= 4 is 6.21 Å². The molecule has 1 aliphatic heterocycles. The Morgan fingerprint density at radius 2 is 2.33 bits per heavy atom. The maximum atomic E-state index is 5.18. The van der Waals surface area contributed by atoms with Gasteiger partial charge in [-0.3, -0.25) is 5.01 Å². The van der Waals surface area contributed by atoms with Gasteiger partial charge in [0.25, 0.3) is 0 Å². The summed E-state index contributed by atoms with van der Waals surface area (Å²) in [5.41, 5.74) is 0. The molecule has 3 heteroatoms. The van der Waals surface area contributed by atoms with E-state index < -0.39 is 0 Å². The van der Waals surface area contributed by atoms with E-state index in [2.05, 4.69) is 23.0 Å². The lowest BCUT2D eigenvalue weighted by Gasteiger charge is -2.20. The zero-order valence-electron chi connectivity index (χ0n) is 9.10. The molecule has 1 atom stereocenters. The highest BCUT2D eigenvalue weighted by Gasteiger charge is 2.23. The van der Waals surface area contributed by atoms with Crippen LogP contribution in [0.1, 0.15) is 12.8 Å². The van der Waals surface area contributed by atoms with E-state index in [-0.39, 0.29) is 0 Å². The van der Waals surface area contributed by atoms with Crippen LogP contribution in [0, 0.1) is 31.6 Å². The molecule has 1 aliphatic carbocycles. The van der Waals surface area contributed by atoms with Crippen LogP contribution in [0.5, 0.6) is 0 Å². The number of methoxy groups -OCH3 is 1. The molecule has 0 aromatic rings. The van der Waals surface area contributed by atoms with Gasteiger partial charge in [-0.25, -0.2) is 0 Å². The number of ether oxygens (including phenoxy) is 1. The van der Waals surface area contributed by atoms with Gasteiger partial charge in [0.05, 0.1) is 12.6 Å². The van der Waals surface area contributed by atoms with Crippen molar-refractivity contribution in [2.75, 3.05) is 20.3 Å². The fourth-order valence-corrected chi connectivity index (χ4v) is 1.95. The first-order valence-electron chi connectivity index (χ1n) is 5.41. The molecular formula is C12H17N2O. The monoisotopic (exact) mass is 205 g/mol. The van der Waals surface area contributed by atoms with Crippen LogP contribution in [0.3, 0.4) is 0 Å². The maximum absolute atomic E-state index is 5.18. The van der Waals surface area contributed by atoms with Crippen molar-refractivity contribution in [1.82, 2.24) is 5.01 Å². The number of hydrogen-bond acceptors (Lipinski definition) is 3. The molecule has 3 nitrogen and oxygen atoms in total. The van der Waals surface area contributed by atoms with Crippen LogP contribution in [-0.4, -0.2) is 37.5 Å². The number of rotatable bonds is 4. The van der Waals surface area contributed by atoms with Gasteiger partial charge in [-0.2, -0.15) is 5.10 Å². The Morgan fingerprint density at radius 3 is 3.07 bits per heavy atom. The molecule has 2 fully saturated rings. The van der Waals surface area contributed by atoms with Crippen molar-refractivity contribution in [2.45, 2.75) is 18.9 Å². The summed E-state index contributed by atoms with van der Waals surface area (Å²) < 4.78 is 5.18. The van der Waals surface area contributed by atoms with Crippen molar-refractivity contribution in [3.8, 4) is 0 Å². The molecule has 0 bridgehead atoms. The van der Waals surface area contributed by atoms with Gasteiger partial charge in [-0.05, 0) is 38.5 Å². The van der Waals surface area contributed by atoms with Crippen molar-refractivity contribution in [3.63, 3.8) is 0 Å². The average molecular weight is 205 g/mol. The van der Waals surface area contributed by atoms with Crippen LogP contribution in [0.2, 0.25) is 0 Å². The molecule has 0 unspecified atom stereocenters.